The maximum absolute atomic E-state index is 12.7. The standard InChI is InChI=1S/C44H34N8O16S3.4Na/c1-3-68-37-21-34(50-48-27-10-8-25(9-11-27)46-43(56)23-4-6-26(7-5-23)47-49-28-12-15-36(54)33(18-28)44(57)58)32-19-29(69(59,60)61)13-14-31(32)40(37)51-52-41-38(71(65,66)67)17-24-16-30(70(62,63)64)20-35(45-22(2)53)39(24)42(41)55;;;;/h4-21,54-55H,3H2,1-2H3,(H,45,53)(H,46,56)(H,57,58)(H,59,60,61)(H,62,63,64)(H,65,66,67);;;;. The van der Waals surface area contributed by atoms with Crippen molar-refractivity contribution >= 4 is 233 Å². The van der Waals surface area contributed by atoms with Gasteiger partial charge in [0, 0.05) is 148 Å². The minimum absolute atomic E-state index is 0. The Morgan fingerprint density at radius 1 is 0.547 bits per heavy atom. The number of benzene rings is 7. The molecule has 0 aromatic heterocycles. The Balaban J connectivity index is 0.00000371. The summed E-state index contributed by atoms with van der Waals surface area (Å²) in [4.78, 5) is 16.8. The maximum atomic E-state index is 12.7. The summed E-state index contributed by atoms with van der Waals surface area (Å²) in [6, 6.07) is 22.5. The molecule has 7 rings (SSSR count). The summed E-state index contributed by atoms with van der Waals surface area (Å²) in [6.07, 6.45) is 0. The Hall–Kier alpha value is -4.60. The third kappa shape index (κ3) is 15.8. The summed E-state index contributed by atoms with van der Waals surface area (Å²) >= 11 is 0. The first-order chi connectivity index (χ1) is 33.4. The smallest absolute Gasteiger partial charge is 0.339 e. The first-order valence-electron chi connectivity index (χ1n) is 19.9. The fourth-order valence-corrected chi connectivity index (χ4v) is 8.34. The number of nitrogens with zero attached hydrogens (tertiary/aromatic N) is 8. The number of aromatic carboxylic acids is 1. The molecule has 0 saturated carbocycles. The quantitative estimate of drug-likeness (QED) is 0.0156. The number of aliphatic hydroxyl groups is 2. The van der Waals surface area contributed by atoms with Gasteiger partial charge < -0.3 is 30.3 Å². The Labute approximate surface area is 514 Å². The van der Waals surface area contributed by atoms with E-state index in [0.29, 0.717) is 17.3 Å². The summed E-state index contributed by atoms with van der Waals surface area (Å²) in [5, 5.41) is 74.9. The summed E-state index contributed by atoms with van der Waals surface area (Å²) in [7, 11) is -15.1. The molecule has 0 spiro atoms. The van der Waals surface area contributed by atoms with Gasteiger partial charge in [-0.3, -0.25) is 13.7 Å². The van der Waals surface area contributed by atoms with Gasteiger partial charge in [0.05, 0.1) is 55.9 Å². The van der Waals surface area contributed by atoms with Crippen LogP contribution in [0.4, 0.5) is 45.5 Å². The molecule has 75 heavy (non-hydrogen) atoms. The summed E-state index contributed by atoms with van der Waals surface area (Å²) in [6.45, 7) is 2.67. The van der Waals surface area contributed by atoms with Crippen LogP contribution in [-0.4, -0.2) is 207 Å². The number of carbonyl (C=O) groups is 1. The van der Waals surface area contributed by atoms with Crippen LogP contribution in [0.5, 0.6) is 17.2 Å². The van der Waals surface area contributed by atoms with Gasteiger partial charge in [0.25, 0.3) is 30.4 Å². The third-order valence-corrected chi connectivity index (χ3v) is 12.4. The van der Waals surface area contributed by atoms with Crippen molar-refractivity contribution in [3.63, 3.8) is 0 Å². The molecule has 0 aliphatic rings. The Morgan fingerprint density at radius 2 is 1.11 bits per heavy atom. The Kier molecular flexibility index (Phi) is 23.0. The second-order valence-corrected chi connectivity index (χ2v) is 18.9. The van der Waals surface area contributed by atoms with E-state index in [-0.39, 0.29) is 181 Å². The van der Waals surface area contributed by atoms with E-state index >= 15 is 0 Å². The molecule has 0 amide bonds. The molecule has 0 unspecified atom stereocenters. The number of hydrogen-bond donors (Lipinski definition) is 8. The number of rotatable bonds is 15. The van der Waals surface area contributed by atoms with Crippen LogP contribution in [0, 0.1) is 0 Å². The van der Waals surface area contributed by atoms with Crippen molar-refractivity contribution in [2.24, 2.45) is 40.7 Å². The van der Waals surface area contributed by atoms with Crippen LogP contribution in [0.3, 0.4) is 0 Å². The number of hydrogen-bond acceptors (Lipinski definition) is 18. The zero-order valence-corrected chi connectivity index (χ0v) is 50.7. The van der Waals surface area contributed by atoms with Crippen LogP contribution < -0.4 is 4.74 Å². The number of aliphatic hydroxyl groups excluding tert-OH is 2. The Morgan fingerprint density at radius 3 is 1.68 bits per heavy atom. The van der Waals surface area contributed by atoms with Crippen molar-refractivity contribution in [1.82, 2.24) is 0 Å². The minimum atomic E-state index is -5.30. The van der Waals surface area contributed by atoms with Crippen molar-refractivity contribution in [2.75, 3.05) is 6.61 Å². The SMILES string of the molecule is CCOc1cc(N=Nc2ccc(N=C(O)c3ccc(N=Nc4ccc(O)c(C(=O)O)c4)cc3)cc2)c2cc(S(=O)(=O)O)ccc2c1N=Nc1c(S(=O)(=O)O)cc2cc(S(=O)(=O)O)cc(N=C(C)O)c2c1O.[Na].[Na].[Na].[Na]. The molecule has 368 valence electrons. The summed E-state index contributed by atoms with van der Waals surface area (Å²) < 4.78 is 110. The molecule has 8 N–H and O–H groups in total. The summed E-state index contributed by atoms with van der Waals surface area (Å²) in [5.74, 6) is -3.91. The van der Waals surface area contributed by atoms with Gasteiger partial charge in [-0.25, -0.2) is 14.8 Å². The van der Waals surface area contributed by atoms with Crippen LogP contribution in [0.2, 0.25) is 0 Å². The third-order valence-electron chi connectivity index (χ3n) is 9.81. The molecular formula is C44H34N8Na4O16S3. The molecule has 31 heteroatoms. The van der Waals surface area contributed by atoms with Crippen LogP contribution in [0.1, 0.15) is 29.8 Å². The van der Waals surface area contributed by atoms with E-state index < -0.39 is 90.6 Å². The molecule has 0 aliphatic carbocycles. The van der Waals surface area contributed by atoms with Gasteiger partial charge in [0.2, 0.25) is 5.90 Å². The zero-order chi connectivity index (χ0) is 51.6. The number of ether oxygens (including phenoxy) is 1. The monoisotopic (exact) mass is 1120 g/mol. The number of phenolic OH excluding ortho intramolecular Hbond substituents is 1. The molecule has 0 aliphatic heterocycles. The van der Waals surface area contributed by atoms with Gasteiger partial charge in [0.1, 0.15) is 33.3 Å². The molecule has 0 fully saturated rings. The maximum Gasteiger partial charge on any atom is 0.339 e. The van der Waals surface area contributed by atoms with Crippen molar-refractivity contribution in [3.8, 4) is 17.2 Å². The van der Waals surface area contributed by atoms with E-state index in [4.69, 9.17) is 4.74 Å². The molecule has 4 radical (unpaired) electrons. The number of aliphatic imine (C=N–C) groups is 2. The first kappa shape index (κ1) is 64.7. The van der Waals surface area contributed by atoms with Crippen molar-refractivity contribution < 1.29 is 74.0 Å². The fraction of sp³-hybridized carbons (Fsp3) is 0.0682. The van der Waals surface area contributed by atoms with E-state index in [1.54, 1.807) is 6.92 Å². The number of carboxylic acid groups (broad SMARTS) is 1. The average molecular weight is 1120 g/mol. The van der Waals surface area contributed by atoms with Gasteiger partial charge in [0.15, 0.2) is 11.6 Å². The van der Waals surface area contributed by atoms with Crippen LogP contribution in [0.15, 0.2) is 165 Å². The second-order valence-electron chi connectivity index (χ2n) is 14.7. The Bertz CT molecular complexity index is 3850. The van der Waals surface area contributed by atoms with Crippen LogP contribution >= 0.6 is 0 Å². The normalized spacial score (nSPS) is 12.3. The molecule has 0 saturated heterocycles. The van der Waals surface area contributed by atoms with Gasteiger partial charge in [-0.1, -0.05) is 6.07 Å². The number of aromatic hydroxyl groups is 2. The van der Waals surface area contributed by atoms with Crippen molar-refractivity contribution in [3.05, 3.63) is 120 Å². The van der Waals surface area contributed by atoms with Gasteiger partial charge in [-0.2, -0.15) is 40.6 Å². The predicted molar refractivity (Wildman–Crippen MR) is 278 cm³/mol. The number of carboxylic acids is 1. The molecule has 0 bridgehead atoms. The first-order valence-corrected chi connectivity index (χ1v) is 24.3. The molecule has 7 aromatic rings. The van der Waals surface area contributed by atoms with E-state index in [1.165, 1.54) is 72.8 Å². The van der Waals surface area contributed by atoms with Crippen molar-refractivity contribution in [2.45, 2.75) is 28.5 Å². The molecule has 0 heterocycles. The van der Waals surface area contributed by atoms with Crippen LogP contribution in [-0.2, 0) is 30.4 Å². The molecule has 7 aromatic carbocycles. The topological polar surface area (TPSA) is 389 Å². The molecular weight excluding hydrogens is 1080 g/mol. The number of phenols is 2. The van der Waals surface area contributed by atoms with E-state index in [1.807, 2.05) is 0 Å². The van der Waals surface area contributed by atoms with Gasteiger partial charge in [-0.05, 0) is 109 Å². The van der Waals surface area contributed by atoms with E-state index in [2.05, 4.69) is 40.7 Å². The van der Waals surface area contributed by atoms with E-state index in [0.717, 1.165) is 37.3 Å². The molecule has 0 atom stereocenters. The van der Waals surface area contributed by atoms with Gasteiger partial charge >= 0.3 is 5.97 Å². The van der Waals surface area contributed by atoms with E-state index in [9.17, 15) is 69.2 Å². The minimum Gasteiger partial charge on any atom is -0.507 e. The zero-order valence-electron chi connectivity index (χ0n) is 40.2. The van der Waals surface area contributed by atoms with Gasteiger partial charge in [-0.15, -0.1) is 15.3 Å². The average Bonchev–Trinajstić information content (AvgIpc) is 3.29. The number of fused-ring (bicyclic) bond motifs is 2. The largest absolute Gasteiger partial charge is 0.507 e. The predicted octanol–water partition coefficient (Wildman–Crippen LogP) is 9.21. The van der Waals surface area contributed by atoms with Crippen molar-refractivity contribution in [1.29, 1.82) is 0 Å². The second kappa shape index (κ2) is 26.6. The molecule has 24 nitrogen and oxygen atoms in total. The number of azo groups is 3. The summed E-state index contributed by atoms with van der Waals surface area (Å²) in [5.41, 5.74) is -0.645. The van der Waals surface area contributed by atoms with Crippen LogP contribution in [0.25, 0.3) is 21.5 Å². The fourth-order valence-electron chi connectivity index (χ4n) is 6.64.